The van der Waals surface area contributed by atoms with Crippen LogP contribution in [0.2, 0.25) is 15.1 Å². The number of nitrogens with one attached hydrogen (secondary N) is 1. The lowest BCUT2D eigenvalue weighted by molar-refractivity contribution is -0.384. The van der Waals surface area contributed by atoms with E-state index in [1.54, 1.807) is 6.07 Å². The number of rotatable bonds is 11. The summed E-state index contributed by atoms with van der Waals surface area (Å²) in [4.78, 5) is 25.5. The summed E-state index contributed by atoms with van der Waals surface area (Å²) < 4.78 is 14.6. The second-order valence-electron chi connectivity index (χ2n) is 7.88. The van der Waals surface area contributed by atoms with Crippen molar-refractivity contribution in [2.75, 3.05) is 5.32 Å². The predicted molar refractivity (Wildman–Crippen MR) is 138 cm³/mol. The monoisotopic (exact) mass is 553 g/mol. The van der Waals surface area contributed by atoms with Gasteiger partial charge in [0, 0.05) is 27.3 Å². The number of benzene rings is 2. The van der Waals surface area contributed by atoms with Gasteiger partial charge in [-0.1, -0.05) is 74.3 Å². The van der Waals surface area contributed by atoms with Crippen LogP contribution in [0.15, 0.2) is 30.3 Å². The number of ether oxygens (including phenoxy) is 1. The zero-order valence-corrected chi connectivity index (χ0v) is 22.3. The van der Waals surface area contributed by atoms with Gasteiger partial charge < -0.3 is 10.1 Å². The van der Waals surface area contributed by atoms with Gasteiger partial charge in [-0.05, 0) is 38.0 Å². The number of hydrogen-bond acceptors (Lipinski definition) is 5. The van der Waals surface area contributed by atoms with Crippen LogP contribution < -0.4 is 10.1 Å². The van der Waals surface area contributed by atoms with E-state index in [1.807, 2.05) is 0 Å². The maximum atomic E-state index is 11.6. The highest BCUT2D eigenvalue weighted by Crippen LogP contribution is 2.41. The van der Waals surface area contributed by atoms with Crippen molar-refractivity contribution in [3.63, 3.8) is 0 Å². The molecule has 34 heavy (non-hydrogen) atoms. The van der Waals surface area contributed by atoms with Crippen LogP contribution in [0.4, 0.5) is 11.4 Å². The first-order chi connectivity index (χ1) is 15.9. The fraction of sp³-hybridized carbons (Fsp3) is 0.455. The fourth-order valence-electron chi connectivity index (χ4n) is 3.29. The summed E-state index contributed by atoms with van der Waals surface area (Å²) in [6, 6.07) is 7.63. The zero-order valence-electron chi connectivity index (χ0n) is 19.2. The van der Waals surface area contributed by atoms with E-state index in [9.17, 15) is 10.1 Å². The molecule has 2 aromatic carbocycles. The highest BCUT2D eigenvalue weighted by atomic mass is 35.5. The van der Waals surface area contributed by atoms with Crippen LogP contribution in [0.25, 0.3) is 0 Å². The van der Waals surface area contributed by atoms with E-state index >= 15 is 0 Å². The van der Waals surface area contributed by atoms with Crippen LogP contribution in [0, 0.1) is 10.1 Å². The van der Waals surface area contributed by atoms with Crippen LogP contribution in [-0.2, 0) is 4.57 Å². The Labute approximate surface area is 215 Å². The molecular weight excluding hydrogens is 526 g/mol. The molecule has 0 aliphatic heterocycles. The van der Waals surface area contributed by atoms with E-state index in [0.29, 0.717) is 16.5 Å². The third-order valence-electron chi connectivity index (χ3n) is 4.95. The lowest BCUT2D eigenvalue weighted by Crippen LogP contribution is -2.35. The molecular formula is C22H29Cl3N2O6P+. The second kappa shape index (κ2) is 14.7. The maximum absolute atomic E-state index is 11.6. The number of nitro groups is 1. The minimum Gasteiger partial charge on any atom is -0.454 e. The maximum Gasteiger partial charge on any atom is 0.692 e. The SMILES string of the molecule is CCCCC(C)(CCCC)Nc1cc(Oc2c(Cl)cc(Cl)cc2Cl)ccc1[N+](=O)[O-].O=[P+](O)O. The van der Waals surface area contributed by atoms with Gasteiger partial charge in [0.1, 0.15) is 11.4 Å². The van der Waals surface area contributed by atoms with Crippen molar-refractivity contribution < 1.29 is 24.0 Å². The van der Waals surface area contributed by atoms with Gasteiger partial charge in [-0.2, -0.15) is 0 Å². The van der Waals surface area contributed by atoms with E-state index in [4.69, 9.17) is 53.9 Å². The van der Waals surface area contributed by atoms with Gasteiger partial charge in [0.25, 0.3) is 5.69 Å². The third kappa shape index (κ3) is 10.3. The van der Waals surface area contributed by atoms with Crippen molar-refractivity contribution in [1.29, 1.82) is 0 Å². The highest BCUT2D eigenvalue weighted by Gasteiger charge is 2.27. The first kappa shape index (κ1) is 30.4. The minimum atomic E-state index is -2.87. The Balaban J connectivity index is 0.00000133. The Morgan fingerprint density at radius 1 is 1.06 bits per heavy atom. The summed E-state index contributed by atoms with van der Waals surface area (Å²) >= 11 is 18.4. The van der Waals surface area contributed by atoms with E-state index in [0.717, 1.165) is 38.5 Å². The lowest BCUT2D eigenvalue weighted by atomic mass is 9.88. The molecule has 0 unspecified atom stereocenters. The number of nitrogens with zero attached hydrogens (tertiary/aromatic N) is 1. The number of unbranched alkanes of at least 4 members (excludes halogenated alkanes) is 2. The Morgan fingerprint density at radius 2 is 1.56 bits per heavy atom. The van der Waals surface area contributed by atoms with E-state index < -0.39 is 13.2 Å². The quantitative estimate of drug-likeness (QED) is 0.144. The van der Waals surface area contributed by atoms with Crippen molar-refractivity contribution >= 4 is 54.4 Å². The first-order valence-corrected chi connectivity index (χ1v) is 13.0. The molecule has 3 N–H and O–H groups in total. The molecule has 0 amide bonds. The highest BCUT2D eigenvalue weighted by molar-refractivity contribution is 7.30. The molecule has 0 aromatic heterocycles. The molecule has 12 heteroatoms. The summed E-state index contributed by atoms with van der Waals surface area (Å²) in [5, 5.41) is 16.0. The van der Waals surface area contributed by atoms with Crippen molar-refractivity contribution in [1.82, 2.24) is 0 Å². The molecule has 0 saturated heterocycles. The van der Waals surface area contributed by atoms with Gasteiger partial charge in [-0.15, -0.1) is 9.79 Å². The van der Waals surface area contributed by atoms with Gasteiger partial charge in [0.2, 0.25) is 0 Å². The molecule has 0 bridgehead atoms. The first-order valence-electron chi connectivity index (χ1n) is 10.7. The number of halogens is 3. The van der Waals surface area contributed by atoms with Gasteiger partial charge in [-0.3, -0.25) is 10.1 Å². The minimum absolute atomic E-state index is 0.00475. The molecule has 0 saturated carbocycles. The molecule has 0 heterocycles. The summed E-state index contributed by atoms with van der Waals surface area (Å²) in [5.41, 5.74) is 0.147. The summed E-state index contributed by atoms with van der Waals surface area (Å²) in [6.07, 6.45) is 6.02. The van der Waals surface area contributed by atoms with Crippen LogP contribution in [-0.4, -0.2) is 20.2 Å². The molecule has 0 radical (unpaired) electrons. The van der Waals surface area contributed by atoms with Gasteiger partial charge in [0.15, 0.2) is 5.75 Å². The van der Waals surface area contributed by atoms with Crippen LogP contribution in [0.5, 0.6) is 11.5 Å². The van der Waals surface area contributed by atoms with Crippen LogP contribution >= 0.6 is 43.1 Å². The normalized spacial score (nSPS) is 10.8. The Hall–Kier alpha value is -1.67. The van der Waals surface area contributed by atoms with E-state index in [2.05, 4.69) is 26.1 Å². The predicted octanol–water partition coefficient (Wildman–Crippen LogP) is 8.53. The van der Waals surface area contributed by atoms with E-state index in [1.165, 1.54) is 24.3 Å². The number of nitro benzene ring substituents is 1. The Kier molecular flexibility index (Phi) is 13.1. The molecule has 2 aromatic rings. The lowest BCUT2D eigenvalue weighted by Gasteiger charge is -2.32. The molecule has 0 aliphatic carbocycles. The summed E-state index contributed by atoms with van der Waals surface area (Å²) in [6.45, 7) is 6.38. The van der Waals surface area contributed by atoms with Crippen LogP contribution in [0.3, 0.4) is 0 Å². The van der Waals surface area contributed by atoms with Crippen molar-refractivity contribution in [3.8, 4) is 11.5 Å². The second-order valence-corrected chi connectivity index (χ2v) is 9.64. The van der Waals surface area contributed by atoms with Gasteiger partial charge in [0.05, 0.1) is 15.0 Å². The molecule has 0 aliphatic rings. The molecule has 188 valence electrons. The zero-order chi connectivity index (χ0) is 25.9. The smallest absolute Gasteiger partial charge is 0.454 e. The molecule has 0 atom stereocenters. The van der Waals surface area contributed by atoms with Crippen LogP contribution in [0.1, 0.15) is 59.3 Å². The third-order valence-corrected chi connectivity index (χ3v) is 5.73. The number of anilines is 1. The van der Waals surface area contributed by atoms with Crippen molar-refractivity contribution in [2.45, 2.75) is 64.8 Å². The van der Waals surface area contributed by atoms with Gasteiger partial charge in [-0.25, -0.2) is 0 Å². The average Bonchev–Trinajstić information content (AvgIpc) is 2.73. The molecule has 2 rings (SSSR count). The standard InChI is InChI=1S/C22H27Cl3N2O3.HO3P/c1-4-6-10-22(3,11-7-5-2)26-19-14-16(8-9-20(19)27(28)29)30-21-17(24)12-15(23)13-18(21)25;1-4(2)3/h8-9,12-14,26H,4-7,10-11H2,1-3H3;(H-,1,2,3)/p+1. The van der Waals surface area contributed by atoms with Gasteiger partial charge >= 0.3 is 8.25 Å². The average molecular weight is 555 g/mol. The summed E-state index contributed by atoms with van der Waals surface area (Å²) in [7, 11) is -2.87. The van der Waals surface area contributed by atoms with Crippen molar-refractivity contribution in [3.05, 3.63) is 55.5 Å². The topological polar surface area (TPSA) is 122 Å². The molecule has 8 nitrogen and oxygen atoms in total. The van der Waals surface area contributed by atoms with E-state index in [-0.39, 0.29) is 27.0 Å². The summed E-state index contributed by atoms with van der Waals surface area (Å²) in [5.74, 6) is 0.643. The molecule has 0 fully saturated rings. The molecule has 0 spiro atoms. The number of hydrogen-bond donors (Lipinski definition) is 3. The largest absolute Gasteiger partial charge is 0.692 e. The van der Waals surface area contributed by atoms with Crippen molar-refractivity contribution in [2.24, 2.45) is 0 Å². The Bertz CT molecular complexity index is 958. The fourth-order valence-corrected chi connectivity index (χ4v) is 4.19. The Morgan fingerprint density at radius 3 is 2.00 bits per heavy atom.